The van der Waals surface area contributed by atoms with Crippen molar-refractivity contribution >= 4 is 10.9 Å². The number of halogens is 1. The van der Waals surface area contributed by atoms with Crippen LogP contribution in [0.5, 0.6) is 5.75 Å². The minimum atomic E-state index is -0.390. The number of benzene rings is 1. The van der Waals surface area contributed by atoms with Gasteiger partial charge in [0.05, 0.1) is 23.1 Å². The molecule has 0 atom stereocenters. The highest BCUT2D eigenvalue weighted by molar-refractivity contribution is 5.87. The van der Waals surface area contributed by atoms with Crippen molar-refractivity contribution in [1.29, 1.82) is 0 Å². The first-order valence-electron chi connectivity index (χ1n) is 12.4. The van der Waals surface area contributed by atoms with Gasteiger partial charge in [-0.05, 0) is 68.1 Å². The molecular weight excluding hydrogens is 443 g/mol. The zero-order chi connectivity index (χ0) is 23.9. The van der Waals surface area contributed by atoms with Gasteiger partial charge in [-0.1, -0.05) is 12.5 Å². The zero-order valence-corrected chi connectivity index (χ0v) is 19.9. The first-order valence-corrected chi connectivity index (χ1v) is 12.4. The molecule has 0 amide bonds. The Balaban J connectivity index is 1.27. The van der Waals surface area contributed by atoms with Crippen molar-refractivity contribution in [3.8, 4) is 11.4 Å². The lowest BCUT2D eigenvalue weighted by atomic mass is 9.91. The molecule has 4 heterocycles. The number of fused-ring (bicyclic) bond motifs is 3. The predicted octanol–water partition coefficient (Wildman–Crippen LogP) is 4.74. The molecule has 0 N–H and O–H groups in total. The van der Waals surface area contributed by atoms with E-state index < -0.39 is 5.82 Å². The lowest BCUT2D eigenvalue weighted by Gasteiger charge is -2.36. The maximum atomic E-state index is 13.0. The molecule has 0 bridgehead atoms. The Labute approximate surface area is 203 Å². The van der Waals surface area contributed by atoms with E-state index in [4.69, 9.17) is 4.74 Å². The van der Waals surface area contributed by atoms with E-state index in [0.717, 1.165) is 36.4 Å². The largest absolute Gasteiger partial charge is 0.487 e. The van der Waals surface area contributed by atoms with E-state index in [9.17, 15) is 9.18 Å². The summed E-state index contributed by atoms with van der Waals surface area (Å²) in [6.45, 7) is 2.37. The lowest BCUT2D eigenvalue weighted by Crippen LogP contribution is -2.39. The van der Waals surface area contributed by atoms with E-state index >= 15 is 0 Å². The third-order valence-corrected chi connectivity index (χ3v) is 7.58. The normalized spacial score (nSPS) is 16.6. The highest BCUT2D eigenvalue weighted by Gasteiger charge is 2.29. The molecule has 1 aliphatic heterocycles. The Kier molecular flexibility index (Phi) is 5.65. The van der Waals surface area contributed by atoms with Gasteiger partial charge in [0.2, 0.25) is 0 Å². The summed E-state index contributed by atoms with van der Waals surface area (Å²) in [5.41, 5.74) is 5.30. The van der Waals surface area contributed by atoms with Crippen LogP contribution in [0.1, 0.15) is 42.6 Å². The Morgan fingerprint density at radius 1 is 1.11 bits per heavy atom. The van der Waals surface area contributed by atoms with Crippen molar-refractivity contribution in [2.24, 2.45) is 7.05 Å². The monoisotopic (exact) mass is 472 g/mol. The topological polar surface area (TPSA) is 52.3 Å². The second-order valence-corrected chi connectivity index (χ2v) is 9.67. The van der Waals surface area contributed by atoms with E-state index in [1.54, 1.807) is 22.9 Å². The molecule has 1 saturated carbocycles. The number of pyridine rings is 2. The molecule has 35 heavy (non-hydrogen) atoms. The van der Waals surface area contributed by atoms with Gasteiger partial charge in [0.1, 0.15) is 18.2 Å². The number of ether oxygens (including phenoxy) is 1. The summed E-state index contributed by atoms with van der Waals surface area (Å²) in [6, 6.07) is 13.2. The summed E-state index contributed by atoms with van der Waals surface area (Å²) in [5, 5.41) is 1.29. The molecule has 6 rings (SSSR count). The van der Waals surface area contributed by atoms with Crippen molar-refractivity contribution < 1.29 is 9.13 Å². The van der Waals surface area contributed by atoms with Gasteiger partial charge in [-0.3, -0.25) is 19.2 Å². The van der Waals surface area contributed by atoms with Crippen molar-refractivity contribution in [3.63, 3.8) is 0 Å². The Bertz CT molecular complexity index is 1440. The fourth-order valence-electron chi connectivity index (χ4n) is 5.41. The minimum Gasteiger partial charge on any atom is -0.487 e. The number of hydrogen-bond acceptors (Lipinski definition) is 4. The van der Waals surface area contributed by atoms with E-state index in [1.807, 2.05) is 6.07 Å². The zero-order valence-electron chi connectivity index (χ0n) is 19.9. The molecule has 0 saturated heterocycles. The van der Waals surface area contributed by atoms with Gasteiger partial charge in [-0.15, -0.1) is 0 Å². The standard InChI is InChI=1S/C28H29FN4O2/c1-31-26-6-3-12-32(21-4-2-5-21)17-25(26)24-10-9-22(14-27(24)31)33-13-11-23(15-28(33)34)35-18-20-8-7-19(29)16-30-20/h7-11,13-16,21H,2-6,12,17-18H2,1H3. The van der Waals surface area contributed by atoms with E-state index in [2.05, 4.69) is 33.6 Å². The summed E-state index contributed by atoms with van der Waals surface area (Å²) in [4.78, 5) is 19.6. The molecule has 1 fully saturated rings. The molecular formula is C28H29FN4O2. The molecule has 0 unspecified atom stereocenters. The van der Waals surface area contributed by atoms with Crippen LogP contribution in [0, 0.1) is 5.82 Å². The van der Waals surface area contributed by atoms with Gasteiger partial charge < -0.3 is 9.30 Å². The summed E-state index contributed by atoms with van der Waals surface area (Å²) in [6.07, 6.45) is 9.18. The van der Waals surface area contributed by atoms with Gasteiger partial charge in [0.25, 0.3) is 5.56 Å². The highest BCUT2D eigenvalue weighted by Crippen LogP contribution is 2.34. The minimum absolute atomic E-state index is 0.166. The van der Waals surface area contributed by atoms with Gasteiger partial charge in [0, 0.05) is 43.0 Å². The maximum absolute atomic E-state index is 13.0. The van der Waals surface area contributed by atoms with Crippen molar-refractivity contribution in [2.45, 2.75) is 51.3 Å². The van der Waals surface area contributed by atoms with Crippen LogP contribution >= 0.6 is 0 Å². The van der Waals surface area contributed by atoms with Crippen molar-refractivity contribution in [2.75, 3.05) is 6.54 Å². The van der Waals surface area contributed by atoms with Crippen LogP contribution in [-0.2, 0) is 26.6 Å². The Morgan fingerprint density at radius 3 is 2.74 bits per heavy atom. The first-order chi connectivity index (χ1) is 17.1. The summed E-state index contributed by atoms with van der Waals surface area (Å²) in [5.74, 6) is 0.0683. The smallest absolute Gasteiger partial charge is 0.258 e. The van der Waals surface area contributed by atoms with Crippen LogP contribution in [0.25, 0.3) is 16.6 Å². The molecule has 7 heteroatoms. The van der Waals surface area contributed by atoms with E-state index in [1.165, 1.54) is 61.0 Å². The molecule has 2 aliphatic rings. The average molecular weight is 473 g/mol. The van der Waals surface area contributed by atoms with Crippen LogP contribution in [0.2, 0.25) is 0 Å². The first kappa shape index (κ1) is 22.0. The van der Waals surface area contributed by atoms with Gasteiger partial charge in [-0.25, -0.2) is 4.39 Å². The molecule has 4 aromatic rings. The number of aromatic nitrogens is 3. The number of hydrogen-bond donors (Lipinski definition) is 0. The van der Waals surface area contributed by atoms with E-state index in [0.29, 0.717) is 11.4 Å². The van der Waals surface area contributed by atoms with Crippen LogP contribution in [0.15, 0.2) is 59.7 Å². The molecule has 6 nitrogen and oxygen atoms in total. The number of nitrogens with zero attached hydrogens (tertiary/aromatic N) is 4. The summed E-state index contributed by atoms with van der Waals surface area (Å²) < 4.78 is 22.7. The molecule has 0 radical (unpaired) electrons. The average Bonchev–Trinajstić information content (AvgIpc) is 2.96. The van der Waals surface area contributed by atoms with Gasteiger partial charge in [0.15, 0.2) is 0 Å². The van der Waals surface area contributed by atoms with Crippen LogP contribution in [-0.4, -0.2) is 31.6 Å². The summed E-state index contributed by atoms with van der Waals surface area (Å²) >= 11 is 0. The third-order valence-electron chi connectivity index (χ3n) is 7.58. The lowest BCUT2D eigenvalue weighted by molar-refractivity contribution is 0.122. The fraction of sp³-hybridized carbons (Fsp3) is 0.357. The quantitative estimate of drug-likeness (QED) is 0.421. The Morgan fingerprint density at radius 2 is 2.00 bits per heavy atom. The molecule has 3 aromatic heterocycles. The maximum Gasteiger partial charge on any atom is 0.258 e. The fourth-order valence-corrected chi connectivity index (χ4v) is 5.41. The molecule has 1 aliphatic carbocycles. The van der Waals surface area contributed by atoms with Crippen LogP contribution < -0.4 is 10.3 Å². The molecule has 180 valence electrons. The number of rotatable bonds is 5. The van der Waals surface area contributed by atoms with Gasteiger partial charge in [-0.2, -0.15) is 0 Å². The highest BCUT2D eigenvalue weighted by atomic mass is 19.1. The molecule has 0 spiro atoms. The van der Waals surface area contributed by atoms with Crippen LogP contribution in [0.3, 0.4) is 0 Å². The number of aryl methyl sites for hydroxylation is 1. The molecule has 1 aromatic carbocycles. The van der Waals surface area contributed by atoms with Crippen molar-refractivity contribution in [1.82, 2.24) is 19.0 Å². The summed E-state index contributed by atoms with van der Waals surface area (Å²) in [7, 11) is 2.15. The Hall–Kier alpha value is -3.45. The van der Waals surface area contributed by atoms with Crippen LogP contribution in [0.4, 0.5) is 4.39 Å². The van der Waals surface area contributed by atoms with Gasteiger partial charge >= 0.3 is 0 Å². The van der Waals surface area contributed by atoms with E-state index in [-0.39, 0.29) is 12.2 Å². The predicted molar refractivity (Wildman–Crippen MR) is 133 cm³/mol. The third kappa shape index (κ3) is 4.14. The SMILES string of the molecule is Cn1c2c(c3ccc(-n4ccc(OCc5ccc(F)cn5)cc4=O)cc31)CN(C1CCC1)CCC2. The second kappa shape index (κ2) is 8.96. The van der Waals surface area contributed by atoms with Crippen molar-refractivity contribution in [3.05, 3.63) is 88.0 Å². The second-order valence-electron chi connectivity index (χ2n) is 9.67.